The van der Waals surface area contributed by atoms with Crippen LogP contribution in [0, 0.1) is 0 Å². The molecule has 0 atom stereocenters. The van der Waals surface area contributed by atoms with Crippen molar-refractivity contribution in [1.82, 2.24) is 25.5 Å². The summed E-state index contributed by atoms with van der Waals surface area (Å²) >= 11 is 6.29. The molecule has 1 amide bonds. The third-order valence-electron chi connectivity index (χ3n) is 5.07. The second-order valence-electron chi connectivity index (χ2n) is 7.25. The smallest absolute Gasteiger partial charge is 0.238 e. The number of likely N-dealkylation sites (tertiary alicyclic amines) is 1. The first-order valence-corrected chi connectivity index (χ1v) is 10.3. The standard InChI is InChI=1S/C21H23ClN6O2/c22-19-12-16(6-7-18(19)21-24-26-27-25-21)23-20(29)13-28-10-8-17(9-11-28)30-14-15-4-2-1-3-5-15/h1-7,12,17H,8-11,13-14H2,(H,23,29)(H,24,25,26,27). The van der Waals surface area contributed by atoms with Crippen LogP contribution < -0.4 is 5.32 Å². The highest BCUT2D eigenvalue weighted by Gasteiger charge is 2.21. The lowest BCUT2D eigenvalue weighted by atomic mass is 10.1. The molecular weight excluding hydrogens is 404 g/mol. The Morgan fingerprint density at radius 3 is 2.70 bits per heavy atom. The molecule has 156 valence electrons. The predicted octanol–water partition coefficient (Wildman–Crippen LogP) is 3.14. The number of aromatic nitrogens is 4. The van der Waals surface area contributed by atoms with Crippen molar-refractivity contribution < 1.29 is 9.53 Å². The summed E-state index contributed by atoms with van der Waals surface area (Å²) in [6.45, 7) is 2.65. The van der Waals surface area contributed by atoms with E-state index in [-0.39, 0.29) is 12.0 Å². The fourth-order valence-electron chi connectivity index (χ4n) is 3.48. The van der Waals surface area contributed by atoms with Gasteiger partial charge in [-0.15, -0.1) is 10.2 Å². The van der Waals surface area contributed by atoms with Crippen LogP contribution in [0.2, 0.25) is 5.02 Å². The van der Waals surface area contributed by atoms with E-state index >= 15 is 0 Å². The van der Waals surface area contributed by atoms with Crippen molar-refractivity contribution in [1.29, 1.82) is 0 Å². The molecule has 1 aliphatic rings. The number of aromatic amines is 1. The van der Waals surface area contributed by atoms with Crippen LogP contribution in [0.3, 0.4) is 0 Å². The summed E-state index contributed by atoms with van der Waals surface area (Å²) in [5.41, 5.74) is 2.47. The molecule has 3 aromatic rings. The van der Waals surface area contributed by atoms with E-state index in [1.165, 1.54) is 5.56 Å². The third-order valence-corrected chi connectivity index (χ3v) is 5.38. The number of benzene rings is 2. The molecule has 0 radical (unpaired) electrons. The highest BCUT2D eigenvalue weighted by atomic mass is 35.5. The Kier molecular flexibility index (Phi) is 6.68. The van der Waals surface area contributed by atoms with Gasteiger partial charge in [0, 0.05) is 24.3 Å². The maximum absolute atomic E-state index is 12.4. The molecule has 1 aliphatic heterocycles. The van der Waals surface area contributed by atoms with Crippen molar-refractivity contribution in [3.05, 3.63) is 59.1 Å². The molecule has 2 N–H and O–H groups in total. The van der Waals surface area contributed by atoms with E-state index in [0.717, 1.165) is 25.9 Å². The molecule has 9 heteroatoms. The number of halogens is 1. The molecule has 4 rings (SSSR count). The lowest BCUT2D eigenvalue weighted by Gasteiger charge is -2.31. The van der Waals surface area contributed by atoms with E-state index in [1.807, 2.05) is 18.2 Å². The highest BCUT2D eigenvalue weighted by molar-refractivity contribution is 6.33. The van der Waals surface area contributed by atoms with Gasteiger partial charge in [0.2, 0.25) is 11.7 Å². The maximum Gasteiger partial charge on any atom is 0.238 e. The first-order chi connectivity index (χ1) is 14.7. The van der Waals surface area contributed by atoms with Crippen LogP contribution in [0.25, 0.3) is 11.4 Å². The molecule has 0 spiro atoms. The lowest BCUT2D eigenvalue weighted by Crippen LogP contribution is -2.41. The number of hydrogen-bond acceptors (Lipinski definition) is 6. The van der Waals surface area contributed by atoms with Gasteiger partial charge in [-0.3, -0.25) is 9.69 Å². The fraction of sp³-hybridized carbons (Fsp3) is 0.333. The number of amides is 1. The Morgan fingerprint density at radius 2 is 2.00 bits per heavy atom. The van der Waals surface area contributed by atoms with Gasteiger partial charge in [0.25, 0.3) is 0 Å². The van der Waals surface area contributed by atoms with Crippen LogP contribution in [0.4, 0.5) is 5.69 Å². The van der Waals surface area contributed by atoms with Crippen LogP contribution in [0.1, 0.15) is 18.4 Å². The third kappa shape index (κ3) is 5.41. The van der Waals surface area contributed by atoms with Crippen molar-refractivity contribution in [2.45, 2.75) is 25.6 Å². The zero-order valence-electron chi connectivity index (χ0n) is 16.4. The van der Waals surface area contributed by atoms with Gasteiger partial charge in [-0.25, -0.2) is 0 Å². The molecule has 0 bridgehead atoms. The van der Waals surface area contributed by atoms with Gasteiger partial charge in [0.1, 0.15) is 0 Å². The number of H-pyrrole nitrogens is 1. The van der Waals surface area contributed by atoms with E-state index in [0.29, 0.717) is 35.2 Å². The number of hydrogen-bond donors (Lipinski definition) is 2. The van der Waals surface area contributed by atoms with Gasteiger partial charge >= 0.3 is 0 Å². The molecule has 8 nitrogen and oxygen atoms in total. The van der Waals surface area contributed by atoms with Crippen molar-refractivity contribution in [3.8, 4) is 11.4 Å². The minimum Gasteiger partial charge on any atom is -0.373 e. The number of rotatable bonds is 7. The Bertz CT molecular complexity index is 959. The molecule has 1 saturated heterocycles. The van der Waals surface area contributed by atoms with Gasteiger partial charge in [0.05, 0.1) is 24.3 Å². The topological polar surface area (TPSA) is 96.0 Å². The number of anilines is 1. The van der Waals surface area contributed by atoms with Gasteiger partial charge in [-0.05, 0) is 41.8 Å². The second-order valence-corrected chi connectivity index (χ2v) is 7.66. The van der Waals surface area contributed by atoms with Crippen molar-refractivity contribution in [3.63, 3.8) is 0 Å². The number of nitrogens with one attached hydrogen (secondary N) is 2. The number of carbonyl (C=O) groups is 1. The Morgan fingerprint density at radius 1 is 1.20 bits per heavy atom. The number of carbonyl (C=O) groups excluding carboxylic acids is 1. The van der Waals surface area contributed by atoms with Gasteiger partial charge in [0.15, 0.2) is 0 Å². The normalized spacial score (nSPS) is 15.2. The Hall–Kier alpha value is -2.81. The average molecular weight is 427 g/mol. The predicted molar refractivity (Wildman–Crippen MR) is 114 cm³/mol. The SMILES string of the molecule is O=C(CN1CCC(OCc2ccccc2)CC1)Nc1ccc(-c2nn[nH]n2)c(Cl)c1. The molecule has 2 aromatic carbocycles. The Labute approximate surface area is 179 Å². The van der Waals surface area contributed by atoms with Gasteiger partial charge < -0.3 is 10.1 Å². The number of piperidine rings is 1. The van der Waals surface area contributed by atoms with Crippen LogP contribution in [-0.2, 0) is 16.1 Å². The lowest BCUT2D eigenvalue weighted by molar-refractivity contribution is -0.118. The average Bonchev–Trinajstić information content (AvgIpc) is 3.29. The number of nitrogens with zero attached hydrogens (tertiary/aromatic N) is 4. The molecule has 0 unspecified atom stereocenters. The monoisotopic (exact) mass is 426 g/mol. The minimum absolute atomic E-state index is 0.0676. The van der Waals surface area contributed by atoms with E-state index in [4.69, 9.17) is 16.3 Å². The summed E-state index contributed by atoms with van der Waals surface area (Å²) in [5, 5.41) is 17.1. The molecule has 0 aliphatic carbocycles. The molecule has 2 heterocycles. The molecular formula is C21H23ClN6O2. The van der Waals surface area contributed by atoms with Crippen LogP contribution in [0.5, 0.6) is 0 Å². The summed E-state index contributed by atoms with van der Waals surface area (Å²) in [5.74, 6) is 0.345. The summed E-state index contributed by atoms with van der Waals surface area (Å²) in [4.78, 5) is 14.6. The Balaban J connectivity index is 1.22. The zero-order chi connectivity index (χ0) is 20.8. The van der Waals surface area contributed by atoms with E-state index in [9.17, 15) is 4.79 Å². The zero-order valence-corrected chi connectivity index (χ0v) is 17.2. The molecule has 0 saturated carbocycles. The minimum atomic E-state index is -0.0676. The van der Waals surface area contributed by atoms with E-state index in [1.54, 1.807) is 18.2 Å². The summed E-state index contributed by atoms with van der Waals surface area (Å²) < 4.78 is 6.01. The van der Waals surface area contributed by atoms with Crippen molar-refractivity contribution in [2.24, 2.45) is 0 Å². The van der Waals surface area contributed by atoms with Crippen LogP contribution in [0.15, 0.2) is 48.5 Å². The number of ether oxygens (including phenoxy) is 1. The second kappa shape index (κ2) is 9.80. The summed E-state index contributed by atoms with van der Waals surface area (Å²) in [6, 6.07) is 15.4. The fourth-order valence-corrected chi connectivity index (χ4v) is 3.74. The van der Waals surface area contributed by atoms with E-state index in [2.05, 4.69) is 43.0 Å². The molecule has 1 aromatic heterocycles. The quantitative estimate of drug-likeness (QED) is 0.602. The summed E-state index contributed by atoms with van der Waals surface area (Å²) in [6.07, 6.45) is 2.08. The maximum atomic E-state index is 12.4. The van der Waals surface area contributed by atoms with Crippen molar-refractivity contribution >= 4 is 23.2 Å². The van der Waals surface area contributed by atoms with Crippen molar-refractivity contribution in [2.75, 3.05) is 25.0 Å². The molecule has 30 heavy (non-hydrogen) atoms. The van der Waals surface area contributed by atoms with E-state index < -0.39 is 0 Å². The first kappa shape index (κ1) is 20.5. The molecule has 1 fully saturated rings. The largest absolute Gasteiger partial charge is 0.373 e. The van der Waals surface area contributed by atoms with Gasteiger partial charge in [-0.2, -0.15) is 5.21 Å². The van der Waals surface area contributed by atoms with Crippen LogP contribution >= 0.6 is 11.6 Å². The van der Waals surface area contributed by atoms with Crippen LogP contribution in [-0.4, -0.2) is 57.2 Å². The summed E-state index contributed by atoms with van der Waals surface area (Å²) in [7, 11) is 0. The van der Waals surface area contributed by atoms with Gasteiger partial charge in [-0.1, -0.05) is 41.9 Å². The number of tetrazole rings is 1. The first-order valence-electron chi connectivity index (χ1n) is 9.88. The highest BCUT2D eigenvalue weighted by Crippen LogP contribution is 2.27.